The molecule has 0 spiro atoms. The number of nitrogens with zero attached hydrogens (tertiary/aromatic N) is 4. The van der Waals surface area contributed by atoms with Gasteiger partial charge in [0.05, 0.1) is 41.0 Å². The Balaban J connectivity index is 1.25. The first-order valence-corrected chi connectivity index (χ1v) is 13.3. The van der Waals surface area contributed by atoms with E-state index in [-0.39, 0.29) is 46.7 Å². The van der Waals surface area contributed by atoms with Crippen LogP contribution in [0.3, 0.4) is 0 Å². The Kier molecular flexibility index (Phi) is 7.53. The van der Waals surface area contributed by atoms with E-state index in [4.69, 9.17) is 21.1 Å². The second-order valence-electron chi connectivity index (χ2n) is 9.79. The van der Waals surface area contributed by atoms with E-state index in [1.165, 1.54) is 30.3 Å². The maximum absolute atomic E-state index is 15.3. The lowest BCUT2D eigenvalue weighted by molar-refractivity contribution is -0.0589. The molecule has 0 amide bonds. The Labute approximate surface area is 242 Å². The number of ether oxygens (including phenoxy) is 2. The van der Waals surface area contributed by atoms with Crippen molar-refractivity contribution in [2.24, 2.45) is 0 Å². The van der Waals surface area contributed by atoms with Crippen molar-refractivity contribution in [3.05, 3.63) is 106 Å². The molecule has 1 aliphatic rings. The molecule has 0 aliphatic carbocycles. The number of carboxylic acid groups (broad SMARTS) is 1. The fourth-order valence-corrected chi connectivity index (χ4v) is 4.84. The molecule has 214 valence electrons. The number of rotatable bonds is 9. The third kappa shape index (κ3) is 5.65. The van der Waals surface area contributed by atoms with E-state index in [9.17, 15) is 18.7 Å². The van der Waals surface area contributed by atoms with Crippen molar-refractivity contribution in [2.45, 2.75) is 32.1 Å². The molecule has 42 heavy (non-hydrogen) atoms. The summed E-state index contributed by atoms with van der Waals surface area (Å²) in [5, 5.41) is 9.66. The molecule has 1 saturated heterocycles. The molecule has 5 aromatic rings. The summed E-state index contributed by atoms with van der Waals surface area (Å²) in [5.74, 6) is -3.13. The first-order valence-electron chi connectivity index (χ1n) is 13.0. The van der Waals surface area contributed by atoms with Crippen LogP contribution in [-0.4, -0.2) is 43.3 Å². The summed E-state index contributed by atoms with van der Waals surface area (Å²) in [6.45, 7) is 0.830. The number of halogens is 4. The molecule has 1 unspecified atom stereocenters. The summed E-state index contributed by atoms with van der Waals surface area (Å²) in [5.41, 5.74) is 2.17. The molecule has 1 aliphatic heterocycles. The van der Waals surface area contributed by atoms with Crippen molar-refractivity contribution in [3.63, 3.8) is 0 Å². The Bertz CT molecular complexity index is 1830. The Hall–Kier alpha value is -4.48. The van der Waals surface area contributed by atoms with Gasteiger partial charge in [-0.2, -0.15) is 9.37 Å². The number of carboxylic acids is 1. The topological polar surface area (TPSA) is 99.4 Å². The first kappa shape index (κ1) is 27.7. The summed E-state index contributed by atoms with van der Waals surface area (Å²) in [4.78, 5) is 24.1. The second-order valence-corrected chi connectivity index (χ2v) is 10.2. The van der Waals surface area contributed by atoms with Gasteiger partial charge in [-0.05, 0) is 54.4 Å². The highest BCUT2D eigenvalue weighted by Gasteiger charge is 2.23. The van der Waals surface area contributed by atoms with Gasteiger partial charge in [0, 0.05) is 23.6 Å². The number of hydrogen-bond acceptors (Lipinski definition) is 6. The van der Waals surface area contributed by atoms with E-state index in [1.807, 2.05) is 4.57 Å². The number of imidazole rings is 1. The van der Waals surface area contributed by atoms with Crippen LogP contribution in [-0.2, 0) is 24.3 Å². The minimum atomic E-state index is -1.04. The number of benzene rings is 3. The monoisotopic (exact) mass is 594 g/mol. The van der Waals surface area contributed by atoms with Crippen molar-refractivity contribution >= 4 is 28.6 Å². The first-order chi connectivity index (χ1) is 20.2. The zero-order valence-electron chi connectivity index (χ0n) is 21.9. The zero-order chi connectivity index (χ0) is 29.4. The largest absolute Gasteiger partial charge is 0.478 e. The van der Waals surface area contributed by atoms with Gasteiger partial charge >= 0.3 is 5.97 Å². The highest BCUT2D eigenvalue weighted by atomic mass is 35.5. The molecule has 8 nitrogen and oxygen atoms in total. The quantitative estimate of drug-likeness (QED) is 0.216. The van der Waals surface area contributed by atoms with Crippen LogP contribution in [0.25, 0.3) is 22.4 Å². The lowest BCUT2D eigenvalue weighted by Gasteiger charge is -2.27. The molecule has 0 radical (unpaired) electrons. The van der Waals surface area contributed by atoms with Gasteiger partial charge in [-0.3, -0.25) is 0 Å². The molecule has 12 heteroatoms. The van der Waals surface area contributed by atoms with Crippen LogP contribution in [0.15, 0.2) is 60.8 Å². The average Bonchev–Trinajstić information content (AvgIpc) is 3.27. The molecule has 3 heterocycles. The predicted octanol–water partition coefficient (Wildman–Crippen LogP) is 6.22. The standard InChI is InChI=1S/C30H22ClF3N4O4/c31-19-4-2-18(22(32)12-19)15-42-29-24(34)13-35-28(37-29)21-5-1-16(9-23(21)33)10-27-36-25-6-3-17(30(39)40)11-26(25)38(27)14-20-7-8-41-20/h1-6,9,11-13,20H,7-8,10,14-15H2,(H,39,40). The number of carbonyl (C=O) groups is 1. The molecular weight excluding hydrogens is 573 g/mol. The zero-order valence-corrected chi connectivity index (χ0v) is 22.6. The van der Waals surface area contributed by atoms with Gasteiger partial charge in [-0.15, -0.1) is 0 Å². The number of hydrogen-bond donors (Lipinski definition) is 1. The molecule has 6 rings (SSSR count). The van der Waals surface area contributed by atoms with E-state index in [1.54, 1.807) is 18.2 Å². The van der Waals surface area contributed by atoms with Gasteiger partial charge in [0.25, 0.3) is 5.88 Å². The fourth-order valence-electron chi connectivity index (χ4n) is 4.68. The SMILES string of the molecule is O=C(O)c1ccc2nc(Cc3ccc(-c4ncc(F)c(OCc5ccc(Cl)cc5F)n4)c(F)c3)n(CC3CCO3)c2c1. The summed E-state index contributed by atoms with van der Waals surface area (Å²) in [6, 6.07) is 13.2. The molecular formula is C30H22ClF3N4O4. The Morgan fingerprint density at radius 3 is 2.60 bits per heavy atom. The van der Waals surface area contributed by atoms with Crippen molar-refractivity contribution in [2.75, 3.05) is 6.61 Å². The van der Waals surface area contributed by atoms with E-state index >= 15 is 4.39 Å². The van der Waals surface area contributed by atoms with Gasteiger partial charge in [0.1, 0.15) is 24.1 Å². The third-order valence-electron chi connectivity index (χ3n) is 6.98. The molecule has 3 aromatic carbocycles. The van der Waals surface area contributed by atoms with Crippen LogP contribution >= 0.6 is 11.6 Å². The van der Waals surface area contributed by atoms with Gasteiger partial charge in [-0.25, -0.2) is 23.5 Å². The Morgan fingerprint density at radius 2 is 1.88 bits per heavy atom. The van der Waals surface area contributed by atoms with Crippen molar-refractivity contribution in [1.29, 1.82) is 0 Å². The number of aromatic nitrogens is 4. The summed E-state index contributed by atoms with van der Waals surface area (Å²) in [6.07, 6.45) is 1.97. The Morgan fingerprint density at radius 1 is 1.05 bits per heavy atom. The highest BCUT2D eigenvalue weighted by Crippen LogP contribution is 2.27. The molecule has 1 N–H and O–H groups in total. The van der Waals surface area contributed by atoms with Gasteiger partial charge in [-0.1, -0.05) is 23.7 Å². The van der Waals surface area contributed by atoms with Gasteiger partial charge in [0.15, 0.2) is 5.82 Å². The van der Waals surface area contributed by atoms with E-state index in [0.717, 1.165) is 18.7 Å². The van der Waals surface area contributed by atoms with Gasteiger partial charge in [0.2, 0.25) is 5.82 Å². The maximum Gasteiger partial charge on any atom is 0.335 e. The minimum Gasteiger partial charge on any atom is -0.478 e. The van der Waals surface area contributed by atoms with Crippen LogP contribution < -0.4 is 4.74 Å². The van der Waals surface area contributed by atoms with Gasteiger partial charge < -0.3 is 19.1 Å². The van der Waals surface area contributed by atoms with Crippen molar-refractivity contribution < 1.29 is 32.5 Å². The molecule has 0 bridgehead atoms. The van der Waals surface area contributed by atoms with Crippen molar-refractivity contribution in [1.82, 2.24) is 19.5 Å². The third-order valence-corrected chi connectivity index (χ3v) is 7.22. The molecule has 0 saturated carbocycles. The minimum absolute atomic E-state index is 0.0167. The predicted molar refractivity (Wildman–Crippen MR) is 147 cm³/mol. The van der Waals surface area contributed by atoms with Crippen LogP contribution in [0.5, 0.6) is 5.88 Å². The summed E-state index contributed by atoms with van der Waals surface area (Å²) < 4.78 is 56.7. The highest BCUT2D eigenvalue weighted by molar-refractivity contribution is 6.30. The second kappa shape index (κ2) is 11.4. The lowest BCUT2D eigenvalue weighted by atomic mass is 10.1. The lowest BCUT2D eigenvalue weighted by Crippen LogP contribution is -2.31. The van der Waals surface area contributed by atoms with Crippen LogP contribution in [0.1, 0.15) is 33.7 Å². The summed E-state index contributed by atoms with van der Waals surface area (Å²) in [7, 11) is 0. The van der Waals surface area contributed by atoms with Crippen LogP contribution in [0.4, 0.5) is 13.2 Å². The van der Waals surface area contributed by atoms with Crippen LogP contribution in [0.2, 0.25) is 5.02 Å². The molecule has 2 aromatic heterocycles. The number of fused-ring (bicyclic) bond motifs is 1. The summed E-state index contributed by atoms with van der Waals surface area (Å²) >= 11 is 5.76. The fraction of sp³-hybridized carbons (Fsp3) is 0.200. The van der Waals surface area contributed by atoms with E-state index in [0.29, 0.717) is 35.6 Å². The van der Waals surface area contributed by atoms with Crippen molar-refractivity contribution in [3.8, 4) is 17.3 Å². The number of aromatic carboxylic acids is 1. The molecule has 1 fully saturated rings. The van der Waals surface area contributed by atoms with E-state index < -0.39 is 29.3 Å². The average molecular weight is 595 g/mol. The molecule has 1 atom stereocenters. The van der Waals surface area contributed by atoms with E-state index in [2.05, 4.69) is 15.0 Å². The normalized spacial score (nSPS) is 14.6. The maximum atomic E-state index is 15.3. The smallest absolute Gasteiger partial charge is 0.335 e. The van der Waals surface area contributed by atoms with Crippen LogP contribution in [0, 0.1) is 17.5 Å².